The Balaban J connectivity index is 1.60. The van der Waals surface area contributed by atoms with Gasteiger partial charge >= 0.3 is 0 Å². The topological polar surface area (TPSA) is 37.7 Å². The lowest BCUT2D eigenvalue weighted by Crippen LogP contribution is -2.42. The highest BCUT2D eigenvalue weighted by Crippen LogP contribution is 2.35. The summed E-state index contributed by atoms with van der Waals surface area (Å²) in [4.78, 5) is 4.06. The lowest BCUT2D eigenvalue weighted by Gasteiger charge is -2.35. The van der Waals surface area contributed by atoms with Crippen LogP contribution >= 0.6 is 22.6 Å². The number of nitrogens with zero attached hydrogens (tertiary/aromatic N) is 3. The van der Waals surface area contributed by atoms with Gasteiger partial charge in [-0.1, -0.05) is 18.2 Å². The third kappa shape index (κ3) is 3.32. The fraction of sp³-hybridized carbons (Fsp3) is 0.368. The maximum absolute atomic E-state index is 5.99. The number of hydrogen-bond acceptors (Lipinski definition) is 4. The molecule has 124 valence electrons. The number of rotatable bonds is 3. The van der Waals surface area contributed by atoms with Gasteiger partial charge in [-0.2, -0.15) is 5.10 Å². The molecular formula is C19H20IN3O. The zero-order valence-corrected chi connectivity index (χ0v) is 15.5. The largest absolute Gasteiger partial charge is 0.357 e. The van der Waals surface area contributed by atoms with Crippen molar-refractivity contribution in [3.8, 4) is 0 Å². The lowest BCUT2D eigenvalue weighted by molar-refractivity contribution is -0.0929. The van der Waals surface area contributed by atoms with Crippen molar-refractivity contribution in [2.45, 2.75) is 31.5 Å². The Morgan fingerprint density at radius 1 is 1.21 bits per heavy atom. The molecule has 1 aromatic rings. The van der Waals surface area contributed by atoms with Gasteiger partial charge in [-0.05, 0) is 71.7 Å². The maximum atomic E-state index is 5.99. The van der Waals surface area contributed by atoms with Crippen LogP contribution in [0.15, 0.2) is 57.5 Å². The SMILES string of the molecule is IC1=CC2C(C=C1)C(/C=C/c1ccncc1)=NN2C1CCCCO1. The fourth-order valence-electron chi connectivity index (χ4n) is 3.40. The Morgan fingerprint density at radius 2 is 2.08 bits per heavy atom. The van der Waals surface area contributed by atoms with E-state index in [1.165, 1.54) is 10.0 Å². The van der Waals surface area contributed by atoms with Crippen LogP contribution in [0.4, 0.5) is 0 Å². The average molecular weight is 433 g/mol. The van der Waals surface area contributed by atoms with Crippen molar-refractivity contribution in [1.29, 1.82) is 0 Å². The molecule has 0 spiro atoms. The molecule has 2 aliphatic heterocycles. The summed E-state index contributed by atoms with van der Waals surface area (Å²) in [6, 6.07) is 4.28. The molecule has 0 amide bonds. The molecule has 0 saturated carbocycles. The fourth-order valence-corrected chi connectivity index (χ4v) is 3.98. The van der Waals surface area contributed by atoms with Crippen molar-refractivity contribution in [2.75, 3.05) is 6.61 Å². The highest BCUT2D eigenvalue weighted by atomic mass is 127. The minimum atomic E-state index is 0.102. The standard InChI is InChI=1S/C19H20IN3O/c20-15-5-6-16-17(7-4-14-8-10-21-11-9-14)22-23(18(16)13-15)19-3-1-2-12-24-19/h4-11,13,16,18-19H,1-3,12H2/b7-4+. The van der Waals surface area contributed by atoms with E-state index >= 15 is 0 Å². The molecule has 5 heteroatoms. The van der Waals surface area contributed by atoms with Crippen LogP contribution in [0.3, 0.4) is 0 Å². The molecule has 0 aromatic carbocycles. The van der Waals surface area contributed by atoms with Crippen LogP contribution < -0.4 is 0 Å². The number of hydrogen-bond donors (Lipinski definition) is 0. The van der Waals surface area contributed by atoms with Crippen LogP contribution in [0.25, 0.3) is 6.08 Å². The van der Waals surface area contributed by atoms with Gasteiger partial charge in [-0.25, -0.2) is 0 Å². The number of pyridine rings is 1. The van der Waals surface area contributed by atoms with Gasteiger partial charge in [0, 0.05) is 28.5 Å². The molecule has 3 heterocycles. The first-order valence-electron chi connectivity index (χ1n) is 8.43. The van der Waals surface area contributed by atoms with Crippen LogP contribution in [0, 0.1) is 5.92 Å². The van der Waals surface area contributed by atoms with Gasteiger partial charge in [0.1, 0.15) is 6.23 Å². The molecule has 4 rings (SSSR count). The van der Waals surface area contributed by atoms with E-state index in [0.29, 0.717) is 5.92 Å². The molecule has 0 bridgehead atoms. The van der Waals surface area contributed by atoms with E-state index in [-0.39, 0.29) is 12.3 Å². The summed E-state index contributed by atoms with van der Waals surface area (Å²) in [6.07, 6.45) is 18.2. The van der Waals surface area contributed by atoms with Gasteiger partial charge in [0.2, 0.25) is 0 Å². The van der Waals surface area contributed by atoms with Crippen LogP contribution in [-0.2, 0) is 4.74 Å². The number of hydrazone groups is 1. The van der Waals surface area contributed by atoms with Crippen LogP contribution in [-0.4, -0.2) is 34.6 Å². The maximum Gasteiger partial charge on any atom is 0.146 e. The molecule has 24 heavy (non-hydrogen) atoms. The normalized spacial score (nSPS) is 29.5. The van der Waals surface area contributed by atoms with Crippen molar-refractivity contribution in [1.82, 2.24) is 9.99 Å². The molecule has 3 atom stereocenters. The van der Waals surface area contributed by atoms with Gasteiger partial charge in [0.25, 0.3) is 0 Å². The first-order valence-corrected chi connectivity index (χ1v) is 9.51. The summed E-state index contributed by atoms with van der Waals surface area (Å²) in [7, 11) is 0. The van der Waals surface area contributed by atoms with E-state index in [0.717, 1.165) is 30.7 Å². The average Bonchev–Trinajstić information content (AvgIpc) is 2.99. The number of halogens is 1. The molecule has 1 fully saturated rings. The Labute approximate surface area is 156 Å². The van der Waals surface area contributed by atoms with Crippen LogP contribution in [0.5, 0.6) is 0 Å². The van der Waals surface area contributed by atoms with Gasteiger partial charge in [-0.15, -0.1) is 0 Å². The molecule has 3 unspecified atom stereocenters. The van der Waals surface area contributed by atoms with E-state index in [2.05, 4.69) is 63.0 Å². The molecule has 1 aliphatic carbocycles. The highest BCUT2D eigenvalue weighted by Gasteiger charge is 2.39. The van der Waals surface area contributed by atoms with Crippen molar-refractivity contribution in [3.05, 3.63) is 58.0 Å². The number of aromatic nitrogens is 1. The van der Waals surface area contributed by atoms with Crippen molar-refractivity contribution < 1.29 is 4.74 Å². The minimum Gasteiger partial charge on any atom is -0.357 e. The van der Waals surface area contributed by atoms with Gasteiger partial charge < -0.3 is 4.74 Å². The second-order valence-corrected chi connectivity index (χ2v) is 7.51. The summed E-state index contributed by atoms with van der Waals surface area (Å²) < 4.78 is 7.26. The molecule has 1 aromatic heterocycles. The first kappa shape index (κ1) is 16.0. The zero-order valence-electron chi connectivity index (χ0n) is 13.4. The van der Waals surface area contributed by atoms with Gasteiger partial charge in [0.15, 0.2) is 0 Å². The Morgan fingerprint density at radius 3 is 2.88 bits per heavy atom. The van der Waals surface area contributed by atoms with Crippen molar-refractivity contribution >= 4 is 34.4 Å². The lowest BCUT2D eigenvalue weighted by atomic mass is 9.91. The number of ether oxygens (including phenoxy) is 1. The summed E-state index contributed by atoms with van der Waals surface area (Å²) in [5.41, 5.74) is 2.24. The molecule has 3 aliphatic rings. The third-order valence-corrected chi connectivity index (χ3v) is 5.36. The Bertz CT molecular complexity index is 705. The van der Waals surface area contributed by atoms with Gasteiger partial charge in [-0.3, -0.25) is 9.99 Å². The zero-order chi connectivity index (χ0) is 16.4. The minimum absolute atomic E-state index is 0.102. The number of allylic oxidation sites excluding steroid dienone is 3. The quantitative estimate of drug-likeness (QED) is 0.672. The highest BCUT2D eigenvalue weighted by molar-refractivity contribution is 14.1. The predicted molar refractivity (Wildman–Crippen MR) is 105 cm³/mol. The van der Waals surface area contributed by atoms with E-state index in [9.17, 15) is 0 Å². The summed E-state index contributed by atoms with van der Waals surface area (Å²) in [5.74, 6) is 0.298. The predicted octanol–water partition coefficient (Wildman–Crippen LogP) is 4.17. The molecule has 4 nitrogen and oxygen atoms in total. The van der Waals surface area contributed by atoms with E-state index in [1.807, 2.05) is 24.5 Å². The van der Waals surface area contributed by atoms with Crippen LogP contribution in [0.1, 0.15) is 24.8 Å². The summed E-state index contributed by atoms with van der Waals surface area (Å²) in [5, 5.41) is 7.11. The van der Waals surface area contributed by atoms with Crippen LogP contribution in [0.2, 0.25) is 0 Å². The first-order chi connectivity index (χ1) is 11.8. The Hall–Kier alpha value is -1.47. The molecule has 0 N–H and O–H groups in total. The number of fused-ring (bicyclic) bond motifs is 1. The molecule has 0 radical (unpaired) electrons. The second kappa shape index (κ2) is 7.19. The third-order valence-electron chi connectivity index (χ3n) is 4.64. The Kier molecular flexibility index (Phi) is 4.80. The second-order valence-electron chi connectivity index (χ2n) is 6.27. The van der Waals surface area contributed by atoms with E-state index in [4.69, 9.17) is 9.84 Å². The van der Waals surface area contributed by atoms with E-state index in [1.54, 1.807) is 0 Å². The summed E-state index contributed by atoms with van der Waals surface area (Å²) in [6.45, 7) is 0.840. The summed E-state index contributed by atoms with van der Waals surface area (Å²) >= 11 is 2.38. The molecule has 1 saturated heterocycles. The monoisotopic (exact) mass is 433 g/mol. The van der Waals surface area contributed by atoms with Gasteiger partial charge in [0.05, 0.1) is 11.8 Å². The van der Waals surface area contributed by atoms with Crippen molar-refractivity contribution in [3.63, 3.8) is 0 Å². The van der Waals surface area contributed by atoms with E-state index < -0.39 is 0 Å². The molecular weight excluding hydrogens is 413 g/mol. The van der Waals surface area contributed by atoms with Crippen molar-refractivity contribution in [2.24, 2.45) is 11.0 Å². The smallest absolute Gasteiger partial charge is 0.146 e.